The van der Waals surface area contributed by atoms with Crippen molar-refractivity contribution in [3.63, 3.8) is 0 Å². The van der Waals surface area contributed by atoms with E-state index in [0.29, 0.717) is 12.0 Å². The Bertz CT molecular complexity index is 405. The summed E-state index contributed by atoms with van der Waals surface area (Å²) >= 11 is 0. The Morgan fingerprint density at radius 1 is 1.44 bits per heavy atom. The molecular weight excluding hydrogens is 200 g/mol. The summed E-state index contributed by atoms with van der Waals surface area (Å²) in [5.74, 6) is 0.0641. The summed E-state index contributed by atoms with van der Waals surface area (Å²) in [4.78, 5) is 11.7. The highest BCUT2D eigenvalue weighted by molar-refractivity contribution is 5.98. The summed E-state index contributed by atoms with van der Waals surface area (Å²) in [6, 6.07) is 5.10. The van der Waals surface area contributed by atoms with Crippen LogP contribution in [0.1, 0.15) is 49.0 Å². The van der Waals surface area contributed by atoms with E-state index in [1.807, 2.05) is 19.9 Å². The number of phenols is 1. The van der Waals surface area contributed by atoms with Crippen molar-refractivity contribution in [1.29, 1.82) is 0 Å². The first-order valence-electron chi connectivity index (χ1n) is 5.58. The van der Waals surface area contributed by atoms with E-state index in [0.717, 1.165) is 24.0 Å². The van der Waals surface area contributed by atoms with Gasteiger partial charge in [-0.05, 0) is 31.0 Å². The molecule has 0 amide bonds. The number of carbonyl (C=O) groups is 1. The lowest BCUT2D eigenvalue weighted by Gasteiger charge is -2.06. The van der Waals surface area contributed by atoms with Crippen LogP contribution in [-0.4, -0.2) is 10.9 Å². The highest BCUT2D eigenvalue weighted by atomic mass is 16.3. The molecule has 2 nitrogen and oxygen atoms in total. The molecule has 1 rings (SSSR count). The molecule has 2 heteroatoms. The van der Waals surface area contributed by atoms with Gasteiger partial charge < -0.3 is 5.11 Å². The number of rotatable bonds is 5. The monoisotopic (exact) mass is 218 g/mol. The third kappa shape index (κ3) is 2.96. The van der Waals surface area contributed by atoms with Crippen molar-refractivity contribution < 1.29 is 9.90 Å². The lowest BCUT2D eigenvalue weighted by molar-refractivity contribution is 0.0977. The first-order valence-corrected chi connectivity index (χ1v) is 5.58. The van der Waals surface area contributed by atoms with Crippen molar-refractivity contribution in [3.05, 3.63) is 35.9 Å². The lowest BCUT2D eigenvalue weighted by Crippen LogP contribution is -1.99. The number of unbranched alkanes of at least 4 members (excludes halogenated alkanes) is 1. The van der Waals surface area contributed by atoms with Crippen molar-refractivity contribution in [1.82, 2.24) is 0 Å². The Kier molecular flexibility index (Phi) is 4.29. The number of phenolic OH excluding ortho intramolecular Hbond substituents is 1. The summed E-state index contributed by atoms with van der Waals surface area (Å²) < 4.78 is 0. The van der Waals surface area contributed by atoms with Crippen LogP contribution >= 0.6 is 0 Å². The fourth-order valence-electron chi connectivity index (χ4n) is 1.50. The molecule has 0 saturated heterocycles. The van der Waals surface area contributed by atoms with Gasteiger partial charge in [0.1, 0.15) is 5.75 Å². The Balaban J connectivity index is 2.90. The number of Topliss-reactive ketones (excluding diaryl/α,β-unsaturated/α-hetero) is 1. The summed E-state index contributed by atoms with van der Waals surface area (Å²) in [5, 5.41) is 9.75. The minimum atomic E-state index is 0.00705. The van der Waals surface area contributed by atoms with Gasteiger partial charge in [-0.15, -0.1) is 0 Å². The SMILES string of the molecule is C=C(C)c1ccc(C(=O)CCCC)c(O)c1. The fourth-order valence-corrected chi connectivity index (χ4v) is 1.50. The van der Waals surface area contributed by atoms with Crippen molar-refractivity contribution in [2.24, 2.45) is 0 Å². The predicted octanol–water partition coefficient (Wildman–Crippen LogP) is 3.80. The molecule has 0 unspecified atom stereocenters. The normalized spacial score (nSPS) is 10.1. The Morgan fingerprint density at radius 2 is 2.12 bits per heavy atom. The molecule has 0 spiro atoms. The minimum absolute atomic E-state index is 0.00705. The second-order valence-electron chi connectivity index (χ2n) is 4.04. The van der Waals surface area contributed by atoms with Crippen LogP contribution in [0.4, 0.5) is 0 Å². The second kappa shape index (κ2) is 5.50. The molecule has 0 radical (unpaired) electrons. The van der Waals surface area contributed by atoms with Gasteiger partial charge in [0.15, 0.2) is 5.78 Å². The van der Waals surface area contributed by atoms with E-state index >= 15 is 0 Å². The molecule has 0 aliphatic heterocycles. The van der Waals surface area contributed by atoms with Crippen molar-refractivity contribution in [3.8, 4) is 5.75 Å². The van der Waals surface area contributed by atoms with Gasteiger partial charge in [0.2, 0.25) is 0 Å². The molecule has 1 N–H and O–H groups in total. The van der Waals surface area contributed by atoms with Crippen molar-refractivity contribution in [2.45, 2.75) is 33.1 Å². The van der Waals surface area contributed by atoms with Crippen LogP contribution in [-0.2, 0) is 0 Å². The Hall–Kier alpha value is -1.57. The predicted molar refractivity (Wildman–Crippen MR) is 66.7 cm³/mol. The minimum Gasteiger partial charge on any atom is -0.507 e. The highest BCUT2D eigenvalue weighted by Gasteiger charge is 2.11. The number of hydrogen-bond donors (Lipinski definition) is 1. The number of benzene rings is 1. The van der Waals surface area contributed by atoms with Gasteiger partial charge >= 0.3 is 0 Å². The van der Waals surface area contributed by atoms with E-state index in [1.165, 1.54) is 0 Å². The molecule has 0 atom stereocenters. The van der Waals surface area contributed by atoms with Gasteiger partial charge in [0, 0.05) is 6.42 Å². The molecule has 1 aromatic carbocycles. The van der Waals surface area contributed by atoms with Crippen molar-refractivity contribution >= 4 is 11.4 Å². The summed E-state index contributed by atoms with van der Waals surface area (Å²) in [6.45, 7) is 7.70. The van der Waals surface area contributed by atoms with Crippen LogP contribution < -0.4 is 0 Å². The maximum absolute atomic E-state index is 11.7. The molecule has 0 saturated carbocycles. The smallest absolute Gasteiger partial charge is 0.166 e. The average molecular weight is 218 g/mol. The van der Waals surface area contributed by atoms with Gasteiger partial charge in [-0.1, -0.05) is 31.6 Å². The van der Waals surface area contributed by atoms with E-state index in [-0.39, 0.29) is 11.5 Å². The topological polar surface area (TPSA) is 37.3 Å². The molecule has 0 aliphatic carbocycles. The van der Waals surface area contributed by atoms with Crippen LogP contribution in [0.2, 0.25) is 0 Å². The van der Waals surface area contributed by atoms with Gasteiger partial charge in [0.05, 0.1) is 5.56 Å². The van der Waals surface area contributed by atoms with E-state index in [9.17, 15) is 9.90 Å². The number of allylic oxidation sites excluding steroid dienone is 1. The van der Waals surface area contributed by atoms with Gasteiger partial charge in [-0.25, -0.2) is 0 Å². The quantitative estimate of drug-likeness (QED) is 0.763. The van der Waals surface area contributed by atoms with Crippen LogP contribution in [0, 0.1) is 0 Å². The number of carbonyl (C=O) groups excluding carboxylic acids is 1. The lowest BCUT2D eigenvalue weighted by atomic mass is 10.0. The molecule has 0 aliphatic rings. The molecule has 86 valence electrons. The first-order chi connectivity index (χ1) is 7.56. The van der Waals surface area contributed by atoms with Crippen molar-refractivity contribution in [2.75, 3.05) is 0 Å². The fraction of sp³-hybridized carbons (Fsp3) is 0.357. The van der Waals surface area contributed by atoms with Gasteiger partial charge in [0.25, 0.3) is 0 Å². The second-order valence-corrected chi connectivity index (χ2v) is 4.04. The van der Waals surface area contributed by atoms with Crippen LogP contribution in [0.5, 0.6) is 5.75 Å². The molecule has 0 fully saturated rings. The molecule has 1 aromatic rings. The maximum Gasteiger partial charge on any atom is 0.166 e. The van der Waals surface area contributed by atoms with Crippen LogP contribution in [0.3, 0.4) is 0 Å². The third-order valence-electron chi connectivity index (χ3n) is 2.55. The van der Waals surface area contributed by atoms with E-state index < -0.39 is 0 Å². The number of hydrogen-bond acceptors (Lipinski definition) is 2. The Labute approximate surface area is 96.6 Å². The zero-order valence-electron chi connectivity index (χ0n) is 9.92. The summed E-state index contributed by atoms with van der Waals surface area (Å²) in [7, 11) is 0. The van der Waals surface area contributed by atoms with Gasteiger partial charge in [-0.2, -0.15) is 0 Å². The largest absolute Gasteiger partial charge is 0.507 e. The number of ketones is 1. The molecule has 0 bridgehead atoms. The Morgan fingerprint density at radius 3 is 2.62 bits per heavy atom. The first kappa shape index (κ1) is 12.5. The molecule has 0 aromatic heterocycles. The number of aromatic hydroxyl groups is 1. The van der Waals surface area contributed by atoms with E-state index in [4.69, 9.17) is 0 Å². The standard InChI is InChI=1S/C14H18O2/c1-4-5-6-13(15)12-8-7-11(10(2)3)9-14(12)16/h7-9,16H,2,4-6H2,1,3H3. The van der Waals surface area contributed by atoms with Gasteiger partial charge in [-0.3, -0.25) is 4.79 Å². The molecule has 16 heavy (non-hydrogen) atoms. The molecule has 0 heterocycles. The summed E-state index contributed by atoms with van der Waals surface area (Å²) in [5.41, 5.74) is 2.16. The zero-order chi connectivity index (χ0) is 12.1. The summed E-state index contributed by atoms with van der Waals surface area (Å²) in [6.07, 6.45) is 2.34. The highest BCUT2D eigenvalue weighted by Crippen LogP contribution is 2.24. The maximum atomic E-state index is 11.7. The van der Waals surface area contributed by atoms with Crippen LogP contribution in [0.15, 0.2) is 24.8 Å². The van der Waals surface area contributed by atoms with E-state index in [1.54, 1.807) is 12.1 Å². The van der Waals surface area contributed by atoms with E-state index in [2.05, 4.69) is 6.58 Å². The average Bonchev–Trinajstić information content (AvgIpc) is 2.25. The third-order valence-corrected chi connectivity index (χ3v) is 2.55. The molecular formula is C14H18O2. The van der Waals surface area contributed by atoms with Crippen LogP contribution in [0.25, 0.3) is 5.57 Å². The zero-order valence-corrected chi connectivity index (χ0v) is 9.92.